The van der Waals surface area contributed by atoms with E-state index in [1.807, 2.05) is 54.6 Å². The zero-order valence-electron chi connectivity index (χ0n) is 16.5. The Bertz CT molecular complexity index is 1040. The molecule has 4 nitrogen and oxygen atoms in total. The SMILES string of the molecule is CN(Cc1ccccc1)C(=O)OCC1Cc2cccc(-c3c(Cl)cccc3Cl)c2O1. The number of para-hydroxylation sites is 1. The number of fused-ring (bicyclic) bond motifs is 1. The summed E-state index contributed by atoms with van der Waals surface area (Å²) in [4.78, 5) is 13.9. The molecule has 6 heteroatoms. The molecule has 1 amide bonds. The van der Waals surface area contributed by atoms with Crippen molar-refractivity contribution in [2.45, 2.75) is 19.1 Å². The molecule has 0 radical (unpaired) electrons. The van der Waals surface area contributed by atoms with Gasteiger partial charge >= 0.3 is 6.09 Å². The van der Waals surface area contributed by atoms with E-state index in [4.69, 9.17) is 32.7 Å². The zero-order chi connectivity index (χ0) is 21.1. The van der Waals surface area contributed by atoms with Gasteiger partial charge in [0, 0.05) is 31.1 Å². The lowest BCUT2D eigenvalue weighted by Gasteiger charge is -2.19. The van der Waals surface area contributed by atoms with E-state index in [9.17, 15) is 4.79 Å². The van der Waals surface area contributed by atoms with Crippen LogP contribution in [0.2, 0.25) is 10.0 Å². The Morgan fingerprint density at radius 2 is 1.73 bits per heavy atom. The van der Waals surface area contributed by atoms with Gasteiger partial charge in [0.2, 0.25) is 0 Å². The normalized spacial score (nSPS) is 14.7. The molecule has 154 valence electrons. The van der Waals surface area contributed by atoms with Gasteiger partial charge in [0.25, 0.3) is 0 Å². The van der Waals surface area contributed by atoms with Gasteiger partial charge in [-0.3, -0.25) is 0 Å². The molecule has 3 aromatic rings. The number of carbonyl (C=O) groups excluding carboxylic acids is 1. The molecular formula is C24H21Cl2NO3. The number of amides is 1. The highest BCUT2D eigenvalue weighted by molar-refractivity contribution is 6.39. The summed E-state index contributed by atoms with van der Waals surface area (Å²) in [5.41, 5.74) is 3.68. The van der Waals surface area contributed by atoms with E-state index >= 15 is 0 Å². The highest BCUT2D eigenvalue weighted by Crippen LogP contribution is 2.44. The predicted octanol–water partition coefficient (Wildman–Crippen LogP) is 6.23. The molecule has 1 unspecified atom stereocenters. The van der Waals surface area contributed by atoms with Gasteiger partial charge in [-0.25, -0.2) is 4.79 Å². The maximum absolute atomic E-state index is 12.4. The van der Waals surface area contributed by atoms with E-state index in [2.05, 4.69) is 0 Å². The van der Waals surface area contributed by atoms with Crippen LogP contribution >= 0.6 is 23.2 Å². The Balaban J connectivity index is 1.41. The van der Waals surface area contributed by atoms with Gasteiger partial charge in [-0.05, 0) is 23.3 Å². The highest BCUT2D eigenvalue weighted by Gasteiger charge is 2.28. The van der Waals surface area contributed by atoms with Crippen LogP contribution in [0.1, 0.15) is 11.1 Å². The summed E-state index contributed by atoms with van der Waals surface area (Å²) < 4.78 is 11.6. The molecule has 30 heavy (non-hydrogen) atoms. The van der Waals surface area contributed by atoms with Crippen LogP contribution in [0.5, 0.6) is 5.75 Å². The van der Waals surface area contributed by atoms with Crippen LogP contribution < -0.4 is 4.74 Å². The minimum atomic E-state index is -0.382. The lowest BCUT2D eigenvalue weighted by atomic mass is 10.0. The first-order valence-electron chi connectivity index (χ1n) is 9.67. The van der Waals surface area contributed by atoms with Gasteiger partial charge in [-0.1, -0.05) is 77.8 Å². The number of hydrogen-bond donors (Lipinski definition) is 0. The van der Waals surface area contributed by atoms with Gasteiger partial charge in [-0.15, -0.1) is 0 Å². The molecule has 1 atom stereocenters. The number of nitrogens with zero attached hydrogens (tertiary/aromatic N) is 1. The number of benzene rings is 3. The minimum absolute atomic E-state index is 0.169. The molecule has 0 aromatic heterocycles. The van der Waals surface area contributed by atoms with E-state index in [1.165, 1.54) is 0 Å². The third kappa shape index (κ3) is 4.40. The van der Waals surface area contributed by atoms with Crippen molar-refractivity contribution in [3.63, 3.8) is 0 Å². The van der Waals surface area contributed by atoms with Crippen LogP contribution in [0.15, 0.2) is 66.7 Å². The molecule has 0 N–H and O–H groups in total. The number of rotatable bonds is 5. The first kappa shape index (κ1) is 20.6. The maximum Gasteiger partial charge on any atom is 0.409 e. The smallest absolute Gasteiger partial charge is 0.409 e. The summed E-state index contributed by atoms with van der Waals surface area (Å²) in [6, 6.07) is 21.1. The number of halogens is 2. The Labute approximate surface area is 185 Å². The van der Waals surface area contributed by atoms with E-state index in [-0.39, 0.29) is 18.8 Å². The quantitative estimate of drug-likeness (QED) is 0.470. The third-order valence-corrected chi connectivity index (χ3v) is 5.66. The van der Waals surface area contributed by atoms with E-state index in [0.29, 0.717) is 23.0 Å². The zero-order valence-corrected chi connectivity index (χ0v) is 18.0. The molecule has 0 bridgehead atoms. The largest absolute Gasteiger partial charge is 0.486 e. The van der Waals surface area contributed by atoms with Gasteiger partial charge < -0.3 is 14.4 Å². The van der Waals surface area contributed by atoms with Crippen LogP contribution in [-0.4, -0.2) is 30.8 Å². The Morgan fingerprint density at radius 3 is 2.47 bits per heavy atom. The van der Waals surface area contributed by atoms with Crippen molar-refractivity contribution in [3.05, 3.63) is 87.9 Å². The fourth-order valence-electron chi connectivity index (χ4n) is 3.58. The standard InChI is InChI=1S/C24H21Cl2NO3/c1-27(14-16-7-3-2-4-8-16)24(28)29-15-18-13-17-9-5-10-19(23(17)30-18)22-20(25)11-6-12-21(22)26/h2-12,18H,13-15H2,1H3. The monoisotopic (exact) mass is 441 g/mol. The Hall–Kier alpha value is -2.69. The number of carbonyl (C=O) groups is 1. The summed E-state index contributed by atoms with van der Waals surface area (Å²) >= 11 is 12.8. The first-order valence-corrected chi connectivity index (χ1v) is 10.4. The van der Waals surface area contributed by atoms with Crippen molar-refractivity contribution < 1.29 is 14.3 Å². The maximum atomic E-state index is 12.4. The average Bonchev–Trinajstić information content (AvgIpc) is 3.16. The second-order valence-electron chi connectivity index (χ2n) is 7.25. The molecule has 0 saturated carbocycles. The van der Waals surface area contributed by atoms with E-state index in [1.54, 1.807) is 24.1 Å². The van der Waals surface area contributed by atoms with Gasteiger partial charge in [0.05, 0.1) is 10.0 Å². The first-order chi connectivity index (χ1) is 14.5. The topological polar surface area (TPSA) is 38.8 Å². The minimum Gasteiger partial charge on any atom is -0.486 e. The molecular weight excluding hydrogens is 421 g/mol. The van der Waals surface area contributed by atoms with Crippen molar-refractivity contribution >= 4 is 29.3 Å². The molecule has 1 aliphatic rings. The second-order valence-corrected chi connectivity index (χ2v) is 8.07. The molecule has 3 aromatic carbocycles. The fraction of sp³-hybridized carbons (Fsp3) is 0.208. The lowest BCUT2D eigenvalue weighted by molar-refractivity contribution is 0.0694. The van der Waals surface area contributed by atoms with Crippen LogP contribution in [0.25, 0.3) is 11.1 Å². The van der Waals surface area contributed by atoms with E-state index in [0.717, 1.165) is 28.0 Å². The van der Waals surface area contributed by atoms with Gasteiger partial charge in [-0.2, -0.15) is 0 Å². The van der Waals surface area contributed by atoms with Crippen LogP contribution in [0, 0.1) is 0 Å². The Kier molecular flexibility index (Phi) is 6.16. The summed E-state index contributed by atoms with van der Waals surface area (Å²) in [5, 5.41) is 1.13. The third-order valence-electron chi connectivity index (χ3n) is 5.03. The predicted molar refractivity (Wildman–Crippen MR) is 119 cm³/mol. The second kappa shape index (κ2) is 8.99. The number of hydrogen-bond acceptors (Lipinski definition) is 3. The van der Waals surface area contributed by atoms with Crippen molar-refractivity contribution in [1.29, 1.82) is 0 Å². The lowest BCUT2D eigenvalue weighted by Crippen LogP contribution is -2.31. The molecule has 0 aliphatic carbocycles. The highest BCUT2D eigenvalue weighted by atomic mass is 35.5. The Morgan fingerprint density at radius 1 is 1.03 bits per heavy atom. The van der Waals surface area contributed by atoms with Crippen molar-refractivity contribution in [2.24, 2.45) is 0 Å². The summed E-state index contributed by atoms with van der Waals surface area (Å²) in [5.74, 6) is 0.742. The van der Waals surface area contributed by atoms with Crippen LogP contribution in [-0.2, 0) is 17.7 Å². The molecule has 0 fully saturated rings. The molecule has 0 spiro atoms. The van der Waals surface area contributed by atoms with Crippen LogP contribution in [0.4, 0.5) is 4.79 Å². The number of ether oxygens (including phenoxy) is 2. The van der Waals surface area contributed by atoms with Crippen molar-refractivity contribution in [2.75, 3.05) is 13.7 Å². The molecule has 1 aliphatic heterocycles. The summed E-state index contributed by atoms with van der Waals surface area (Å²) in [6.45, 7) is 0.656. The van der Waals surface area contributed by atoms with Crippen LogP contribution in [0.3, 0.4) is 0 Å². The molecule has 0 saturated heterocycles. The van der Waals surface area contributed by atoms with Crippen molar-refractivity contribution in [3.8, 4) is 16.9 Å². The van der Waals surface area contributed by atoms with Crippen molar-refractivity contribution in [1.82, 2.24) is 4.90 Å². The molecule has 1 heterocycles. The fourth-order valence-corrected chi connectivity index (χ4v) is 4.18. The molecule has 4 rings (SSSR count). The average molecular weight is 442 g/mol. The van der Waals surface area contributed by atoms with Gasteiger partial charge in [0.1, 0.15) is 18.5 Å². The summed E-state index contributed by atoms with van der Waals surface area (Å²) in [6.07, 6.45) is 0.0188. The summed E-state index contributed by atoms with van der Waals surface area (Å²) in [7, 11) is 1.72. The van der Waals surface area contributed by atoms with Gasteiger partial charge in [0.15, 0.2) is 0 Å². The van der Waals surface area contributed by atoms with E-state index < -0.39 is 0 Å².